The minimum Gasteiger partial charge on any atom is -0.389 e. The van der Waals surface area contributed by atoms with Gasteiger partial charge in [0.05, 0.1) is 5.60 Å². The molecule has 0 radical (unpaired) electrons. The van der Waals surface area contributed by atoms with Gasteiger partial charge in [0.25, 0.3) is 0 Å². The third-order valence-corrected chi connectivity index (χ3v) is 4.72. The molecular weight excluding hydrogens is 234 g/mol. The third-order valence-electron chi connectivity index (χ3n) is 4.72. The second-order valence-corrected chi connectivity index (χ2v) is 6.09. The highest BCUT2D eigenvalue weighted by Crippen LogP contribution is 2.37. The van der Waals surface area contributed by atoms with E-state index in [1.54, 1.807) is 0 Å². The van der Waals surface area contributed by atoms with Gasteiger partial charge in [0.2, 0.25) is 0 Å². The molecule has 0 aliphatic heterocycles. The van der Waals surface area contributed by atoms with Crippen molar-refractivity contribution in [3.63, 3.8) is 0 Å². The van der Waals surface area contributed by atoms with E-state index in [0.29, 0.717) is 12.0 Å². The van der Waals surface area contributed by atoms with Gasteiger partial charge in [0.15, 0.2) is 0 Å². The second-order valence-electron chi connectivity index (χ2n) is 6.09. The van der Waals surface area contributed by atoms with Crippen LogP contribution in [-0.4, -0.2) is 23.3 Å². The first-order valence-electron chi connectivity index (χ1n) is 7.58. The Morgan fingerprint density at radius 3 is 2.26 bits per heavy atom. The van der Waals surface area contributed by atoms with Crippen molar-refractivity contribution < 1.29 is 5.11 Å². The fourth-order valence-corrected chi connectivity index (χ4v) is 2.73. The molecule has 1 aromatic carbocycles. The van der Waals surface area contributed by atoms with Crippen LogP contribution in [0.1, 0.15) is 56.6 Å². The summed E-state index contributed by atoms with van der Waals surface area (Å²) < 4.78 is 0. The predicted octanol–water partition coefficient (Wildman–Crippen LogP) is 3.38. The van der Waals surface area contributed by atoms with Gasteiger partial charge in [-0.15, -0.1) is 0 Å². The van der Waals surface area contributed by atoms with Gasteiger partial charge in [0.1, 0.15) is 0 Å². The van der Waals surface area contributed by atoms with Crippen molar-refractivity contribution in [1.29, 1.82) is 0 Å². The van der Waals surface area contributed by atoms with E-state index in [-0.39, 0.29) is 0 Å². The van der Waals surface area contributed by atoms with Crippen LogP contribution in [0.2, 0.25) is 0 Å². The lowest BCUT2D eigenvalue weighted by atomic mass is 9.75. The number of rotatable bonds is 6. The van der Waals surface area contributed by atoms with E-state index in [9.17, 15) is 5.11 Å². The number of nitrogens with one attached hydrogen (secondary N) is 1. The van der Waals surface area contributed by atoms with Crippen LogP contribution in [-0.2, 0) is 0 Å². The maximum absolute atomic E-state index is 10.2. The summed E-state index contributed by atoms with van der Waals surface area (Å²) in [7, 11) is 0. The molecule has 2 rings (SSSR count). The Labute approximate surface area is 117 Å². The number of hydrogen-bond donors (Lipinski definition) is 2. The largest absolute Gasteiger partial charge is 0.389 e. The average molecular weight is 261 g/mol. The van der Waals surface area contributed by atoms with Crippen LogP contribution in [0.15, 0.2) is 24.3 Å². The number of hydrogen-bond acceptors (Lipinski definition) is 2. The van der Waals surface area contributed by atoms with Gasteiger partial charge in [-0.3, -0.25) is 0 Å². The average Bonchev–Trinajstić information content (AvgIpc) is 2.38. The van der Waals surface area contributed by atoms with Crippen molar-refractivity contribution >= 4 is 0 Å². The van der Waals surface area contributed by atoms with Gasteiger partial charge in [-0.2, -0.15) is 0 Å². The van der Waals surface area contributed by atoms with Crippen LogP contribution < -0.4 is 5.32 Å². The van der Waals surface area contributed by atoms with Crippen molar-refractivity contribution in [1.82, 2.24) is 5.32 Å². The van der Waals surface area contributed by atoms with Crippen molar-refractivity contribution in [3.05, 3.63) is 35.4 Å². The van der Waals surface area contributed by atoms with Crippen molar-refractivity contribution in [2.75, 3.05) is 6.54 Å². The zero-order chi connectivity index (χ0) is 13.9. The lowest BCUT2D eigenvalue weighted by molar-refractivity contribution is 0.0261. The molecule has 2 heteroatoms. The molecule has 1 fully saturated rings. The number of aryl methyl sites for hydroxylation is 1. The molecule has 1 saturated carbocycles. The molecule has 0 unspecified atom stereocenters. The van der Waals surface area contributed by atoms with E-state index < -0.39 is 5.60 Å². The van der Waals surface area contributed by atoms with Crippen molar-refractivity contribution in [2.45, 2.75) is 64.0 Å². The standard InChI is InChI=1S/C17H27NO/c1-4-17(19,5-2)12-18-16-10-15(11-16)14-8-6-13(3)7-9-14/h6-9,15-16,18-19H,4-5,10-12H2,1-3H3. The summed E-state index contributed by atoms with van der Waals surface area (Å²) >= 11 is 0. The molecule has 0 spiro atoms. The highest BCUT2D eigenvalue weighted by atomic mass is 16.3. The van der Waals surface area contributed by atoms with Gasteiger partial charge in [-0.1, -0.05) is 43.7 Å². The molecule has 2 nitrogen and oxygen atoms in total. The summed E-state index contributed by atoms with van der Waals surface area (Å²) in [6.45, 7) is 6.97. The first-order valence-corrected chi connectivity index (χ1v) is 7.58. The molecule has 1 aromatic rings. The zero-order valence-corrected chi connectivity index (χ0v) is 12.4. The monoisotopic (exact) mass is 261 g/mol. The number of aliphatic hydroxyl groups is 1. The molecule has 0 atom stereocenters. The summed E-state index contributed by atoms with van der Waals surface area (Å²) in [5, 5.41) is 13.8. The van der Waals surface area contributed by atoms with Gasteiger partial charge in [0, 0.05) is 12.6 Å². The maximum atomic E-state index is 10.2. The summed E-state index contributed by atoms with van der Waals surface area (Å²) in [5.41, 5.74) is 2.27. The van der Waals surface area contributed by atoms with Crippen LogP contribution in [0.3, 0.4) is 0 Å². The van der Waals surface area contributed by atoms with Gasteiger partial charge in [-0.05, 0) is 44.1 Å². The van der Waals surface area contributed by atoms with E-state index >= 15 is 0 Å². The summed E-state index contributed by atoms with van der Waals surface area (Å²) in [4.78, 5) is 0. The van der Waals surface area contributed by atoms with E-state index in [4.69, 9.17) is 0 Å². The Morgan fingerprint density at radius 2 is 1.74 bits per heavy atom. The zero-order valence-electron chi connectivity index (χ0n) is 12.4. The molecule has 106 valence electrons. The number of benzene rings is 1. The lowest BCUT2D eigenvalue weighted by Crippen LogP contribution is -2.48. The Balaban J connectivity index is 1.76. The van der Waals surface area contributed by atoms with E-state index in [1.807, 2.05) is 0 Å². The molecule has 1 aliphatic rings. The highest BCUT2D eigenvalue weighted by molar-refractivity contribution is 5.26. The second kappa shape index (κ2) is 6.06. The molecule has 0 amide bonds. The molecule has 0 heterocycles. The van der Waals surface area contributed by atoms with Crippen LogP contribution >= 0.6 is 0 Å². The fraction of sp³-hybridized carbons (Fsp3) is 0.647. The lowest BCUT2D eigenvalue weighted by Gasteiger charge is -2.38. The molecule has 19 heavy (non-hydrogen) atoms. The van der Waals surface area contributed by atoms with Gasteiger partial charge < -0.3 is 10.4 Å². The minimum absolute atomic E-state index is 0.519. The predicted molar refractivity (Wildman–Crippen MR) is 80.5 cm³/mol. The van der Waals surface area contributed by atoms with Crippen molar-refractivity contribution in [3.8, 4) is 0 Å². The van der Waals surface area contributed by atoms with E-state index in [1.165, 1.54) is 24.0 Å². The summed E-state index contributed by atoms with van der Waals surface area (Å²) in [6, 6.07) is 9.48. The molecule has 0 bridgehead atoms. The quantitative estimate of drug-likeness (QED) is 0.823. The fourth-order valence-electron chi connectivity index (χ4n) is 2.73. The Hall–Kier alpha value is -0.860. The Morgan fingerprint density at radius 1 is 1.16 bits per heavy atom. The molecule has 0 aromatic heterocycles. The minimum atomic E-state index is -0.519. The summed E-state index contributed by atoms with van der Waals surface area (Å²) in [5.74, 6) is 0.703. The molecule has 0 saturated heterocycles. The molecule has 2 N–H and O–H groups in total. The first kappa shape index (κ1) is 14.5. The Kier molecular flexibility index (Phi) is 4.64. The third kappa shape index (κ3) is 3.58. The smallest absolute Gasteiger partial charge is 0.0766 e. The molecular formula is C17H27NO. The Bertz CT molecular complexity index is 388. The van der Waals surface area contributed by atoms with E-state index in [2.05, 4.69) is 50.4 Å². The van der Waals surface area contributed by atoms with E-state index in [0.717, 1.165) is 19.4 Å². The van der Waals surface area contributed by atoms with Crippen LogP contribution in [0.4, 0.5) is 0 Å². The topological polar surface area (TPSA) is 32.3 Å². The highest BCUT2D eigenvalue weighted by Gasteiger charge is 2.32. The molecule has 1 aliphatic carbocycles. The normalized spacial score (nSPS) is 23.2. The van der Waals surface area contributed by atoms with Crippen LogP contribution in [0, 0.1) is 6.92 Å². The van der Waals surface area contributed by atoms with Gasteiger partial charge >= 0.3 is 0 Å². The van der Waals surface area contributed by atoms with Gasteiger partial charge in [-0.25, -0.2) is 0 Å². The maximum Gasteiger partial charge on any atom is 0.0766 e. The summed E-state index contributed by atoms with van der Waals surface area (Å²) in [6.07, 6.45) is 4.05. The van der Waals surface area contributed by atoms with Crippen molar-refractivity contribution in [2.24, 2.45) is 0 Å². The SMILES string of the molecule is CCC(O)(CC)CNC1CC(c2ccc(C)cc2)C1. The first-order chi connectivity index (χ1) is 9.06. The van der Waals surface area contributed by atoms with Crippen LogP contribution in [0.25, 0.3) is 0 Å². The van der Waals surface area contributed by atoms with Crippen LogP contribution in [0.5, 0.6) is 0 Å².